The molecule has 0 atom stereocenters. The molecule has 0 unspecified atom stereocenters. The van der Waals surface area contributed by atoms with Crippen LogP contribution in [-0.4, -0.2) is 13.0 Å². The Labute approximate surface area is 97.8 Å². The molecular formula is C6H5ClLiNO4S. The minimum Gasteiger partial charge on any atom is -0.870 e. The Bertz CT molecular complexity index is 447. The molecule has 14 heavy (non-hydrogen) atoms. The van der Waals surface area contributed by atoms with Crippen molar-refractivity contribution in [3.05, 3.63) is 17.2 Å². The van der Waals surface area contributed by atoms with Crippen LogP contribution in [0, 0.1) is 0 Å². The number of rotatable bonds is 1. The third-order valence-corrected chi connectivity index (χ3v) is 2.40. The fourth-order valence-corrected chi connectivity index (χ4v) is 1.70. The zero-order valence-electron chi connectivity index (χ0n) is 7.19. The molecule has 0 spiro atoms. The smallest absolute Gasteiger partial charge is 0.870 e. The first-order valence-corrected chi connectivity index (χ1v) is 4.87. The van der Waals surface area contributed by atoms with Gasteiger partial charge >= 0.3 is 18.9 Å². The van der Waals surface area contributed by atoms with Crippen LogP contribution < -0.4 is 29.7 Å². The first kappa shape index (κ1) is 13.6. The Hall–Kier alpha value is -0.383. The number of nitrogen functional groups attached to an aromatic ring is 1. The van der Waals surface area contributed by atoms with Gasteiger partial charge in [0.25, 0.3) is 10.1 Å². The van der Waals surface area contributed by atoms with Gasteiger partial charge in [-0.25, -0.2) is 0 Å². The normalized spacial score (nSPS) is 10.7. The summed E-state index contributed by atoms with van der Waals surface area (Å²) in [6.07, 6.45) is 0. The second kappa shape index (κ2) is 4.42. The van der Waals surface area contributed by atoms with E-state index in [0.29, 0.717) is 0 Å². The van der Waals surface area contributed by atoms with Gasteiger partial charge in [0.2, 0.25) is 0 Å². The van der Waals surface area contributed by atoms with Crippen molar-refractivity contribution >= 4 is 27.4 Å². The number of hydrogen-bond acceptors (Lipinski definition) is 4. The Morgan fingerprint density at radius 2 is 1.93 bits per heavy atom. The predicted octanol–water partition coefficient (Wildman–Crippen LogP) is -2.75. The van der Waals surface area contributed by atoms with Crippen LogP contribution in [0.5, 0.6) is 5.75 Å². The van der Waals surface area contributed by atoms with Gasteiger partial charge in [-0.3, -0.25) is 4.55 Å². The fraction of sp³-hybridized carbons (Fsp3) is 0. The van der Waals surface area contributed by atoms with Gasteiger partial charge in [0.1, 0.15) is 0 Å². The van der Waals surface area contributed by atoms with E-state index in [0.717, 1.165) is 12.1 Å². The van der Waals surface area contributed by atoms with Crippen LogP contribution in [0.15, 0.2) is 17.0 Å². The molecule has 0 saturated carbocycles. The molecule has 1 aromatic rings. The van der Waals surface area contributed by atoms with Crippen molar-refractivity contribution in [1.82, 2.24) is 0 Å². The number of anilines is 1. The standard InChI is InChI=1S/C6H6ClNO4S.Li/c7-3-1-4(8)6(9)5(2-3)13(10,11)12;/h1-2,9H,8H2,(H,10,11,12);/q;+1/p-1. The maximum atomic E-state index is 11.0. The molecule has 8 heteroatoms. The Kier molecular flexibility index (Phi) is 4.30. The summed E-state index contributed by atoms with van der Waals surface area (Å²) in [7, 11) is -4.56. The van der Waals surface area contributed by atoms with Crippen LogP contribution in [0.25, 0.3) is 0 Å². The second-order valence-electron chi connectivity index (χ2n) is 2.30. The molecule has 0 aromatic heterocycles. The SMILES string of the molecule is Nc1cc(Cl)cc(S(=O)(=O)O)c1[O-].[Li+]. The van der Waals surface area contributed by atoms with E-state index in [1.165, 1.54) is 0 Å². The van der Waals surface area contributed by atoms with Crippen LogP contribution in [0.2, 0.25) is 5.02 Å². The number of hydrogen-bond donors (Lipinski definition) is 2. The van der Waals surface area contributed by atoms with Crippen molar-refractivity contribution in [2.45, 2.75) is 4.90 Å². The molecule has 0 aliphatic heterocycles. The molecule has 0 radical (unpaired) electrons. The van der Waals surface area contributed by atoms with E-state index in [1.54, 1.807) is 0 Å². The summed E-state index contributed by atoms with van der Waals surface area (Å²) in [4.78, 5) is -0.808. The second-order valence-corrected chi connectivity index (χ2v) is 4.12. The van der Waals surface area contributed by atoms with E-state index in [1.807, 2.05) is 0 Å². The zero-order valence-corrected chi connectivity index (χ0v) is 8.76. The molecule has 0 amide bonds. The van der Waals surface area contributed by atoms with Gasteiger partial charge in [0.05, 0.1) is 4.90 Å². The minimum atomic E-state index is -4.56. The monoisotopic (exact) mass is 229 g/mol. The average Bonchev–Trinajstić information content (AvgIpc) is 1.94. The molecule has 5 nitrogen and oxygen atoms in total. The van der Waals surface area contributed by atoms with Gasteiger partial charge < -0.3 is 10.8 Å². The summed E-state index contributed by atoms with van der Waals surface area (Å²) in [6, 6.07) is 1.95. The minimum absolute atomic E-state index is 0. The van der Waals surface area contributed by atoms with Gasteiger partial charge in [-0.05, 0) is 12.1 Å². The molecule has 0 saturated heterocycles. The molecule has 0 bridgehead atoms. The van der Waals surface area contributed by atoms with Crippen LogP contribution in [0.3, 0.4) is 0 Å². The van der Waals surface area contributed by atoms with E-state index >= 15 is 0 Å². The summed E-state index contributed by atoms with van der Waals surface area (Å²) in [5, 5.41) is 11.0. The number of benzene rings is 1. The summed E-state index contributed by atoms with van der Waals surface area (Å²) < 4.78 is 29.8. The van der Waals surface area contributed by atoms with Gasteiger partial charge in [-0.15, -0.1) is 0 Å². The molecule has 3 N–H and O–H groups in total. The summed E-state index contributed by atoms with van der Waals surface area (Å²) >= 11 is 5.43. The third-order valence-electron chi connectivity index (χ3n) is 1.33. The molecule has 72 valence electrons. The topological polar surface area (TPSA) is 103 Å². The molecule has 1 rings (SSSR count). The zero-order chi connectivity index (χ0) is 10.2. The summed E-state index contributed by atoms with van der Waals surface area (Å²) in [6.45, 7) is 0. The third kappa shape index (κ3) is 2.80. The van der Waals surface area contributed by atoms with Crippen molar-refractivity contribution in [2.24, 2.45) is 0 Å². The molecule has 0 aliphatic rings. The molecule has 0 fully saturated rings. The quantitative estimate of drug-likeness (QED) is 0.309. The van der Waals surface area contributed by atoms with E-state index < -0.39 is 20.8 Å². The Morgan fingerprint density at radius 3 is 2.36 bits per heavy atom. The largest absolute Gasteiger partial charge is 1.00 e. The molecule has 0 heterocycles. The Balaban J connectivity index is 0.00000169. The fourth-order valence-electron chi connectivity index (χ4n) is 0.780. The van der Waals surface area contributed by atoms with Gasteiger partial charge in [0.15, 0.2) is 0 Å². The van der Waals surface area contributed by atoms with Crippen molar-refractivity contribution in [1.29, 1.82) is 0 Å². The van der Waals surface area contributed by atoms with Gasteiger partial charge in [-0.2, -0.15) is 8.42 Å². The average molecular weight is 230 g/mol. The van der Waals surface area contributed by atoms with Crippen LogP contribution in [0.4, 0.5) is 5.69 Å². The maximum absolute atomic E-state index is 11.0. The van der Waals surface area contributed by atoms with E-state index in [9.17, 15) is 13.5 Å². The molecular weight excluding hydrogens is 225 g/mol. The van der Waals surface area contributed by atoms with Crippen molar-refractivity contribution in [2.75, 3.05) is 5.73 Å². The van der Waals surface area contributed by atoms with Gasteiger partial charge in [-0.1, -0.05) is 17.4 Å². The first-order valence-electron chi connectivity index (χ1n) is 3.06. The van der Waals surface area contributed by atoms with Crippen molar-refractivity contribution in [3.8, 4) is 5.75 Å². The van der Waals surface area contributed by atoms with E-state index in [-0.39, 0.29) is 29.6 Å². The predicted molar refractivity (Wildman–Crippen MR) is 45.1 cm³/mol. The Morgan fingerprint density at radius 1 is 1.43 bits per heavy atom. The van der Waals surface area contributed by atoms with Crippen molar-refractivity contribution < 1.29 is 36.9 Å². The molecule has 0 aliphatic carbocycles. The van der Waals surface area contributed by atoms with Crippen molar-refractivity contribution in [3.63, 3.8) is 0 Å². The summed E-state index contributed by atoms with van der Waals surface area (Å²) in [5.74, 6) is -0.952. The van der Waals surface area contributed by atoms with Gasteiger partial charge in [0, 0.05) is 10.7 Å². The van der Waals surface area contributed by atoms with E-state index in [2.05, 4.69) is 0 Å². The van der Waals surface area contributed by atoms with Crippen LogP contribution >= 0.6 is 11.6 Å². The number of halogens is 1. The first-order chi connectivity index (χ1) is 5.82. The van der Waals surface area contributed by atoms with Crippen LogP contribution in [0.1, 0.15) is 0 Å². The molecule has 1 aromatic carbocycles. The van der Waals surface area contributed by atoms with E-state index in [4.69, 9.17) is 21.9 Å². The number of nitrogens with two attached hydrogens (primary N) is 1. The summed E-state index contributed by atoms with van der Waals surface area (Å²) in [5.41, 5.74) is 4.83. The maximum Gasteiger partial charge on any atom is 1.00 e. The van der Waals surface area contributed by atoms with Crippen LogP contribution in [-0.2, 0) is 10.1 Å².